The van der Waals surface area contributed by atoms with E-state index in [1.165, 1.54) is 11.4 Å². The van der Waals surface area contributed by atoms with Gasteiger partial charge in [0, 0.05) is 32.6 Å². The van der Waals surface area contributed by atoms with Crippen LogP contribution < -0.4 is 0 Å². The van der Waals surface area contributed by atoms with Crippen molar-refractivity contribution in [2.75, 3.05) is 39.0 Å². The van der Waals surface area contributed by atoms with Crippen molar-refractivity contribution in [1.29, 1.82) is 5.26 Å². The Kier molecular flexibility index (Phi) is 6.13. The van der Waals surface area contributed by atoms with Gasteiger partial charge in [-0.15, -0.1) is 0 Å². The van der Waals surface area contributed by atoms with Gasteiger partial charge in [0.1, 0.15) is 5.54 Å². The van der Waals surface area contributed by atoms with E-state index >= 15 is 0 Å². The van der Waals surface area contributed by atoms with Gasteiger partial charge in [0.05, 0.1) is 18.9 Å². The molecule has 21 heavy (non-hydrogen) atoms. The molecule has 1 aliphatic heterocycles. The van der Waals surface area contributed by atoms with Crippen molar-refractivity contribution in [2.24, 2.45) is 0 Å². The summed E-state index contributed by atoms with van der Waals surface area (Å²) in [4.78, 5) is 13.0. The summed E-state index contributed by atoms with van der Waals surface area (Å²) in [7, 11) is -2.06. The Labute approximate surface area is 126 Å². The van der Waals surface area contributed by atoms with E-state index in [1.54, 1.807) is 0 Å². The van der Waals surface area contributed by atoms with Crippen LogP contribution >= 0.6 is 0 Å². The van der Waals surface area contributed by atoms with E-state index < -0.39 is 21.5 Å². The van der Waals surface area contributed by atoms with Crippen molar-refractivity contribution >= 4 is 16.0 Å². The molecule has 1 aliphatic rings. The number of methoxy groups -OCH3 is 1. The summed E-state index contributed by atoms with van der Waals surface area (Å²) in [6, 6.07) is 2.22. The summed E-state index contributed by atoms with van der Waals surface area (Å²) in [5, 5.41) is 9.10. The fourth-order valence-corrected chi connectivity index (χ4v) is 3.71. The van der Waals surface area contributed by atoms with Crippen molar-refractivity contribution in [3.63, 3.8) is 0 Å². The first-order valence-corrected chi connectivity index (χ1v) is 8.55. The second-order valence-corrected chi connectivity index (χ2v) is 7.64. The monoisotopic (exact) mass is 317 g/mol. The van der Waals surface area contributed by atoms with Gasteiger partial charge in [0.25, 0.3) is 0 Å². The number of hydrogen-bond donors (Lipinski definition) is 0. The third-order valence-corrected chi connectivity index (χ3v) is 5.66. The smallest absolute Gasteiger partial charge is 0.305 e. The molecule has 0 aliphatic carbocycles. The largest absolute Gasteiger partial charge is 0.469 e. The molecule has 0 spiro atoms. The average Bonchev–Trinajstić information content (AvgIpc) is 2.47. The lowest BCUT2D eigenvalue weighted by molar-refractivity contribution is -0.140. The zero-order valence-electron chi connectivity index (χ0n) is 12.8. The van der Waals surface area contributed by atoms with Crippen molar-refractivity contribution in [1.82, 2.24) is 9.21 Å². The molecule has 0 radical (unpaired) electrons. The Balaban J connectivity index is 2.49. The topological polar surface area (TPSA) is 90.7 Å². The fraction of sp³-hybridized carbons (Fsp3) is 0.846. The fourth-order valence-electron chi connectivity index (χ4n) is 2.23. The number of hydrogen-bond acceptors (Lipinski definition) is 6. The number of nitriles is 1. The van der Waals surface area contributed by atoms with Crippen LogP contribution in [-0.4, -0.2) is 68.2 Å². The zero-order chi connectivity index (χ0) is 16.1. The third-order valence-electron chi connectivity index (χ3n) is 3.71. The van der Waals surface area contributed by atoms with E-state index in [-0.39, 0.29) is 18.6 Å². The molecule has 0 saturated carbocycles. The van der Waals surface area contributed by atoms with Crippen LogP contribution in [-0.2, 0) is 19.6 Å². The molecule has 0 N–H and O–H groups in total. The van der Waals surface area contributed by atoms with Crippen molar-refractivity contribution in [3.05, 3.63) is 0 Å². The number of piperazine rings is 1. The Morgan fingerprint density at radius 3 is 2.33 bits per heavy atom. The lowest BCUT2D eigenvalue weighted by Crippen LogP contribution is -2.55. The van der Waals surface area contributed by atoms with Crippen LogP contribution in [0.3, 0.4) is 0 Å². The minimum absolute atomic E-state index is 0.0518. The van der Waals surface area contributed by atoms with Gasteiger partial charge in [-0.05, 0) is 20.3 Å². The van der Waals surface area contributed by atoms with E-state index in [2.05, 4.69) is 10.8 Å². The Hall–Kier alpha value is -1.17. The van der Waals surface area contributed by atoms with Gasteiger partial charge in [-0.25, -0.2) is 8.42 Å². The first kappa shape index (κ1) is 17.9. The first-order chi connectivity index (χ1) is 9.73. The molecule has 0 amide bonds. The highest BCUT2D eigenvalue weighted by Gasteiger charge is 2.33. The second-order valence-electron chi connectivity index (χ2n) is 5.55. The summed E-state index contributed by atoms with van der Waals surface area (Å²) >= 11 is 0. The van der Waals surface area contributed by atoms with Gasteiger partial charge in [0.2, 0.25) is 10.0 Å². The van der Waals surface area contributed by atoms with Crippen molar-refractivity contribution in [2.45, 2.75) is 32.2 Å². The molecule has 1 rings (SSSR count). The summed E-state index contributed by atoms with van der Waals surface area (Å²) < 4.78 is 30.3. The molecule has 1 saturated heterocycles. The molecule has 0 atom stereocenters. The average molecular weight is 317 g/mol. The van der Waals surface area contributed by atoms with Gasteiger partial charge in [-0.3, -0.25) is 9.69 Å². The highest BCUT2D eigenvalue weighted by Crippen LogP contribution is 2.18. The van der Waals surface area contributed by atoms with Gasteiger partial charge < -0.3 is 4.74 Å². The number of carbonyl (C=O) groups excluding carboxylic acids is 1. The van der Waals surface area contributed by atoms with E-state index in [4.69, 9.17) is 5.26 Å². The van der Waals surface area contributed by atoms with Crippen molar-refractivity contribution in [3.8, 4) is 6.07 Å². The van der Waals surface area contributed by atoms with Gasteiger partial charge in [0.15, 0.2) is 0 Å². The number of carbonyl (C=O) groups is 1. The SMILES string of the molecule is COC(=O)CCCS(=O)(=O)N1CCN(C(C)(C)C#N)CC1. The van der Waals surface area contributed by atoms with Gasteiger partial charge in [-0.2, -0.15) is 9.57 Å². The van der Waals surface area contributed by atoms with E-state index in [1.807, 2.05) is 18.7 Å². The van der Waals surface area contributed by atoms with Gasteiger partial charge >= 0.3 is 5.97 Å². The lowest BCUT2D eigenvalue weighted by atomic mass is 10.0. The van der Waals surface area contributed by atoms with Crippen LogP contribution in [0.4, 0.5) is 0 Å². The molecule has 0 unspecified atom stereocenters. The van der Waals surface area contributed by atoms with Crippen LogP contribution in [0.15, 0.2) is 0 Å². The highest BCUT2D eigenvalue weighted by molar-refractivity contribution is 7.89. The molecule has 0 aromatic carbocycles. The Morgan fingerprint density at radius 1 is 1.29 bits per heavy atom. The summed E-state index contributed by atoms with van der Waals surface area (Å²) in [5.74, 6) is -0.449. The van der Waals surface area contributed by atoms with Crippen LogP contribution in [0.25, 0.3) is 0 Å². The number of nitrogens with zero attached hydrogens (tertiary/aromatic N) is 3. The van der Waals surface area contributed by atoms with E-state index in [0.29, 0.717) is 26.2 Å². The normalized spacial score (nSPS) is 18.2. The number of rotatable bonds is 6. The highest BCUT2D eigenvalue weighted by atomic mass is 32.2. The Bertz CT molecular complexity index is 502. The molecule has 0 aromatic rings. The van der Waals surface area contributed by atoms with Crippen molar-refractivity contribution < 1.29 is 17.9 Å². The quantitative estimate of drug-likeness (QED) is 0.650. The Morgan fingerprint density at radius 2 is 1.86 bits per heavy atom. The first-order valence-electron chi connectivity index (χ1n) is 6.94. The molecular formula is C13H23N3O4S. The predicted octanol–water partition coefficient (Wildman–Crippen LogP) is 0.189. The second kappa shape index (κ2) is 7.20. The van der Waals surface area contributed by atoms with E-state index in [9.17, 15) is 13.2 Å². The standard InChI is InChI=1S/C13H23N3O4S/c1-13(2,11-14)15-6-8-16(9-7-15)21(18,19)10-4-5-12(17)20-3/h4-10H2,1-3H3. The van der Waals surface area contributed by atoms with E-state index in [0.717, 1.165) is 0 Å². The number of ether oxygens (including phenoxy) is 1. The maximum Gasteiger partial charge on any atom is 0.305 e. The molecule has 1 fully saturated rings. The van der Waals surface area contributed by atoms with Crippen LogP contribution in [0.1, 0.15) is 26.7 Å². The molecule has 120 valence electrons. The van der Waals surface area contributed by atoms with Gasteiger partial charge in [-0.1, -0.05) is 0 Å². The predicted molar refractivity (Wildman–Crippen MR) is 77.9 cm³/mol. The zero-order valence-corrected chi connectivity index (χ0v) is 13.6. The number of esters is 1. The van der Waals surface area contributed by atoms with Crippen LogP contribution in [0.5, 0.6) is 0 Å². The molecule has 8 heteroatoms. The van der Waals surface area contributed by atoms with Crippen LogP contribution in [0.2, 0.25) is 0 Å². The maximum absolute atomic E-state index is 12.2. The minimum Gasteiger partial charge on any atom is -0.469 e. The maximum atomic E-state index is 12.2. The number of sulfonamides is 1. The molecular weight excluding hydrogens is 294 g/mol. The van der Waals surface area contributed by atoms with Crippen LogP contribution in [0, 0.1) is 11.3 Å². The molecule has 0 bridgehead atoms. The summed E-state index contributed by atoms with van der Waals surface area (Å²) in [6.45, 7) is 5.49. The molecule has 1 heterocycles. The summed E-state index contributed by atoms with van der Waals surface area (Å²) in [6.07, 6.45) is 0.371. The molecule has 0 aromatic heterocycles. The lowest BCUT2D eigenvalue weighted by Gasteiger charge is -2.39. The molecule has 7 nitrogen and oxygen atoms in total. The third kappa shape index (κ3) is 4.95. The minimum atomic E-state index is -3.35. The summed E-state index contributed by atoms with van der Waals surface area (Å²) in [5.41, 5.74) is -0.583.